The number of methoxy groups -OCH3 is 1. The molecule has 2 aromatic rings. The number of aromatic nitrogens is 3. The summed E-state index contributed by atoms with van der Waals surface area (Å²) in [7, 11) is 3.59. The van der Waals surface area contributed by atoms with Crippen molar-refractivity contribution >= 4 is 0 Å². The predicted octanol–water partition coefficient (Wildman–Crippen LogP) is 2.12. The molecule has 0 bridgehead atoms. The molecule has 0 atom stereocenters. The van der Waals surface area contributed by atoms with Crippen molar-refractivity contribution in [3.63, 3.8) is 0 Å². The van der Waals surface area contributed by atoms with Crippen LogP contribution in [0.15, 0.2) is 18.2 Å². The molecule has 1 aromatic carbocycles. The topological polar surface area (TPSA) is 66.0 Å². The Kier molecular flexibility index (Phi) is 4.39. The molecule has 2 N–H and O–H groups in total. The third-order valence-electron chi connectivity index (χ3n) is 3.33. The first kappa shape index (κ1) is 14.5. The van der Waals surface area contributed by atoms with Crippen molar-refractivity contribution in [1.82, 2.24) is 14.8 Å². The van der Waals surface area contributed by atoms with E-state index in [9.17, 15) is 0 Å². The number of hydrogen-bond acceptors (Lipinski definition) is 4. The molecule has 5 nitrogen and oxygen atoms in total. The van der Waals surface area contributed by atoms with Crippen LogP contribution in [-0.4, -0.2) is 28.4 Å². The maximum atomic E-state index is 5.58. The average Bonchev–Trinajstić information content (AvgIpc) is 2.80. The maximum absolute atomic E-state index is 5.58. The van der Waals surface area contributed by atoms with Crippen molar-refractivity contribution in [2.45, 2.75) is 26.2 Å². The Hall–Kier alpha value is -1.88. The van der Waals surface area contributed by atoms with E-state index >= 15 is 0 Å². The summed E-state index contributed by atoms with van der Waals surface area (Å²) >= 11 is 0. The molecule has 0 fully saturated rings. The molecule has 0 radical (unpaired) electrons. The van der Waals surface area contributed by atoms with Gasteiger partial charge in [-0.1, -0.05) is 13.8 Å². The lowest BCUT2D eigenvalue weighted by Gasteiger charge is -2.12. The van der Waals surface area contributed by atoms with Crippen LogP contribution in [-0.2, 0) is 13.5 Å². The van der Waals surface area contributed by atoms with Gasteiger partial charge in [0.15, 0.2) is 5.82 Å². The third-order valence-corrected chi connectivity index (χ3v) is 3.33. The van der Waals surface area contributed by atoms with Crippen LogP contribution in [0.4, 0.5) is 0 Å². The van der Waals surface area contributed by atoms with Gasteiger partial charge in [0.25, 0.3) is 0 Å². The molecule has 1 aromatic heterocycles. The Bertz CT molecular complexity index is 590. The number of benzene rings is 1. The van der Waals surface area contributed by atoms with Crippen LogP contribution >= 0.6 is 0 Å². The highest BCUT2D eigenvalue weighted by Crippen LogP contribution is 2.30. The number of hydrogen-bond donors (Lipinski definition) is 1. The fourth-order valence-corrected chi connectivity index (χ4v) is 2.21. The molecule has 0 amide bonds. The molecule has 0 saturated carbocycles. The molecule has 0 unspecified atom stereocenters. The quantitative estimate of drug-likeness (QED) is 0.907. The average molecular weight is 274 g/mol. The van der Waals surface area contributed by atoms with Gasteiger partial charge in [0.2, 0.25) is 0 Å². The van der Waals surface area contributed by atoms with E-state index in [1.165, 1.54) is 0 Å². The first-order valence-corrected chi connectivity index (χ1v) is 6.85. The Morgan fingerprint density at radius 3 is 2.70 bits per heavy atom. The first-order chi connectivity index (χ1) is 9.56. The van der Waals surface area contributed by atoms with Gasteiger partial charge in [0.05, 0.1) is 7.11 Å². The molecule has 0 spiro atoms. The summed E-state index contributed by atoms with van der Waals surface area (Å²) in [6, 6.07) is 6.07. The van der Waals surface area contributed by atoms with Gasteiger partial charge in [-0.15, -0.1) is 0 Å². The van der Waals surface area contributed by atoms with E-state index < -0.39 is 0 Å². The predicted molar refractivity (Wildman–Crippen MR) is 79.8 cm³/mol. The minimum Gasteiger partial charge on any atom is -0.496 e. The van der Waals surface area contributed by atoms with E-state index in [4.69, 9.17) is 10.5 Å². The summed E-state index contributed by atoms with van der Waals surface area (Å²) in [4.78, 5) is 4.56. The van der Waals surface area contributed by atoms with E-state index in [2.05, 4.69) is 30.0 Å². The fraction of sp³-hybridized carbons (Fsp3) is 0.467. The van der Waals surface area contributed by atoms with Crippen molar-refractivity contribution in [3.8, 4) is 17.1 Å². The van der Waals surface area contributed by atoms with Crippen molar-refractivity contribution < 1.29 is 4.74 Å². The van der Waals surface area contributed by atoms with Crippen LogP contribution in [0.25, 0.3) is 11.4 Å². The summed E-state index contributed by atoms with van der Waals surface area (Å²) < 4.78 is 7.20. The highest BCUT2D eigenvalue weighted by atomic mass is 16.5. The zero-order valence-corrected chi connectivity index (χ0v) is 12.6. The smallest absolute Gasteiger partial charge is 0.181 e. The summed E-state index contributed by atoms with van der Waals surface area (Å²) in [5.41, 5.74) is 7.75. The summed E-state index contributed by atoms with van der Waals surface area (Å²) in [5.74, 6) is 2.93. The van der Waals surface area contributed by atoms with Crippen molar-refractivity contribution in [2.24, 2.45) is 12.8 Å². The molecular formula is C15H22N4O. The molecule has 5 heteroatoms. The maximum Gasteiger partial charge on any atom is 0.181 e. The van der Waals surface area contributed by atoms with E-state index in [1.807, 2.05) is 19.2 Å². The zero-order chi connectivity index (χ0) is 14.7. The van der Waals surface area contributed by atoms with E-state index in [1.54, 1.807) is 11.8 Å². The molecule has 0 aliphatic heterocycles. The van der Waals surface area contributed by atoms with E-state index in [-0.39, 0.29) is 0 Å². The second kappa shape index (κ2) is 6.05. The van der Waals surface area contributed by atoms with Gasteiger partial charge >= 0.3 is 0 Å². The normalized spacial score (nSPS) is 11.1. The van der Waals surface area contributed by atoms with Gasteiger partial charge in [-0.05, 0) is 36.2 Å². The minimum atomic E-state index is 0.386. The van der Waals surface area contributed by atoms with Crippen LogP contribution in [0.1, 0.15) is 31.2 Å². The Balaban J connectivity index is 2.42. The van der Waals surface area contributed by atoms with Gasteiger partial charge in [0, 0.05) is 19.0 Å². The number of ether oxygens (including phenoxy) is 1. The number of nitrogens with zero attached hydrogens (tertiary/aromatic N) is 3. The van der Waals surface area contributed by atoms with Gasteiger partial charge < -0.3 is 10.5 Å². The lowest BCUT2D eigenvalue weighted by molar-refractivity contribution is 0.407. The molecule has 0 saturated heterocycles. The highest BCUT2D eigenvalue weighted by molar-refractivity contribution is 5.59. The van der Waals surface area contributed by atoms with E-state index in [0.717, 1.165) is 34.9 Å². The SMILES string of the molecule is COc1ccc(-c2nc(CCN)n(C)n2)cc1C(C)C. The second-order valence-corrected chi connectivity index (χ2v) is 5.13. The van der Waals surface area contributed by atoms with Gasteiger partial charge in [-0.3, -0.25) is 4.68 Å². The molecule has 108 valence electrons. The number of rotatable bonds is 5. The molecule has 2 rings (SSSR count). The van der Waals surface area contributed by atoms with Gasteiger partial charge in [0.1, 0.15) is 11.6 Å². The molecule has 1 heterocycles. The lowest BCUT2D eigenvalue weighted by Crippen LogP contribution is -2.08. The van der Waals surface area contributed by atoms with Crippen molar-refractivity contribution in [2.75, 3.05) is 13.7 Å². The van der Waals surface area contributed by atoms with E-state index in [0.29, 0.717) is 12.5 Å². The van der Waals surface area contributed by atoms with Gasteiger partial charge in [-0.25, -0.2) is 4.98 Å². The number of nitrogens with two attached hydrogens (primary N) is 1. The third kappa shape index (κ3) is 2.82. The van der Waals surface area contributed by atoms with Crippen LogP contribution in [0.2, 0.25) is 0 Å². The largest absolute Gasteiger partial charge is 0.496 e. The Labute approximate surface area is 119 Å². The van der Waals surface area contributed by atoms with Gasteiger partial charge in [-0.2, -0.15) is 5.10 Å². The van der Waals surface area contributed by atoms with Crippen LogP contribution in [0.5, 0.6) is 5.75 Å². The molecular weight excluding hydrogens is 252 g/mol. The summed E-state index contributed by atoms with van der Waals surface area (Å²) in [6.07, 6.45) is 0.733. The second-order valence-electron chi connectivity index (χ2n) is 5.13. The first-order valence-electron chi connectivity index (χ1n) is 6.85. The van der Waals surface area contributed by atoms with Crippen molar-refractivity contribution in [1.29, 1.82) is 0 Å². The Morgan fingerprint density at radius 1 is 1.35 bits per heavy atom. The summed E-state index contributed by atoms with van der Waals surface area (Å²) in [6.45, 7) is 4.87. The lowest BCUT2D eigenvalue weighted by atomic mass is 9.99. The highest BCUT2D eigenvalue weighted by Gasteiger charge is 2.13. The summed E-state index contributed by atoms with van der Waals surface area (Å²) in [5, 5.41) is 4.46. The monoisotopic (exact) mass is 274 g/mol. The fourth-order valence-electron chi connectivity index (χ4n) is 2.21. The standard InChI is InChI=1S/C15H22N4O/c1-10(2)12-9-11(5-6-13(12)20-4)15-17-14(7-8-16)19(3)18-15/h5-6,9-10H,7-8,16H2,1-4H3. The minimum absolute atomic E-state index is 0.386. The molecule has 20 heavy (non-hydrogen) atoms. The Morgan fingerprint density at radius 2 is 2.10 bits per heavy atom. The van der Waals surface area contributed by atoms with Crippen LogP contribution in [0.3, 0.4) is 0 Å². The van der Waals surface area contributed by atoms with Crippen LogP contribution in [0, 0.1) is 0 Å². The number of aryl methyl sites for hydroxylation is 1. The van der Waals surface area contributed by atoms with Crippen molar-refractivity contribution in [3.05, 3.63) is 29.6 Å². The zero-order valence-electron chi connectivity index (χ0n) is 12.6. The molecule has 0 aliphatic rings. The van der Waals surface area contributed by atoms with Crippen LogP contribution < -0.4 is 10.5 Å². The molecule has 0 aliphatic carbocycles.